The van der Waals surface area contributed by atoms with Gasteiger partial charge in [0.15, 0.2) is 0 Å². The molecular formula is C17H29NO5. The van der Waals surface area contributed by atoms with Crippen molar-refractivity contribution in [2.75, 3.05) is 13.7 Å². The summed E-state index contributed by atoms with van der Waals surface area (Å²) in [5.41, 5.74) is -0.616. The molecule has 1 saturated heterocycles. The van der Waals surface area contributed by atoms with Crippen LogP contribution in [0.5, 0.6) is 0 Å². The van der Waals surface area contributed by atoms with Crippen molar-refractivity contribution in [2.24, 2.45) is 11.8 Å². The fraction of sp³-hybridized carbons (Fsp3) is 0.882. The monoisotopic (exact) mass is 327 g/mol. The van der Waals surface area contributed by atoms with Gasteiger partial charge in [0.1, 0.15) is 11.6 Å². The first kappa shape index (κ1) is 18.0. The minimum absolute atomic E-state index is 0.0119. The Morgan fingerprint density at radius 3 is 2.17 bits per heavy atom. The highest BCUT2D eigenvalue weighted by Crippen LogP contribution is 2.40. The van der Waals surface area contributed by atoms with Gasteiger partial charge in [-0.15, -0.1) is 0 Å². The van der Waals surface area contributed by atoms with E-state index in [1.807, 2.05) is 0 Å². The van der Waals surface area contributed by atoms with Crippen LogP contribution in [0, 0.1) is 11.8 Å². The van der Waals surface area contributed by atoms with Crippen LogP contribution >= 0.6 is 0 Å². The van der Waals surface area contributed by atoms with Crippen LogP contribution in [0.3, 0.4) is 0 Å². The zero-order valence-electron chi connectivity index (χ0n) is 14.6. The summed E-state index contributed by atoms with van der Waals surface area (Å²) in [5, 5.41) is 9.66. The second kappa shape index (κ2) is 7.07. The van der Waals surface area contributed by atoms with Crippen molar-refractivity contribution < 1.29 is 24.2 Å². The molecule has 6 heteroatoms. The summed E-state index contributed by atoms with van der Waals surface area (Å²) in [5.74, 6) is -0.569. The Labute approximate surface area is 138 Å². The van der Waals surface area contributed by atoms with Crippen LogP contribution in [0.1, 0.15) is 52.9 Å². The zero-order valence-corrected chi connectivity index (χ0v) is 14.6. The molecule has 23 heavy (non-hydrogen) atoms. The van der Waals surface area contributed by atoms with E-state index in [1.165, 1.54) is 4.90 Å². The fourth-order valence-electron chi connectivity index (χ4n) is 3.90. The van der Waals surface area contributed by atoms with Crippen molar-refractivity contribution in [3.05, 3.63) is 0 Å². The zero-order chi connectivity index (χ0) is 17.2. The largest absolute Gasteiger partial charge is 0.480 e. The summed E-state index contributed by atoms with van der Waals surface area (Å²) >= 11 is 0. The number of methoxy groups -OCH3 is 1. The van der Waals surface area contributed by atoms with E-state index in [-0.39, 0.29) is 12.0 Å². The molecule has 1 aliphatic carbocycles. The second-order valence-electron chi connectivity index (χ2n) is 7.68. The Morgan fingerprint density at radius 1 is 1.09 bits per heavy atom. The van der Waals surface area contributed by atoms with E-state index < -0.39 is 23.7 Å². The lowest BCUT2D eigenvalue weighted by Crippen LogP contribution is -2.47. The number of hydrogen-bond acceptors (Lipinski definition) is 4. The van der Waals surface area contributed by atoms with Crippen molar-refractivity contribution in [1.29, 1.82) is 0 Å². The fourth-order valence-corrected chi connectivity index (χ4v) is 3.90. The molecule has 2 aliphatic rings. The molecule has 2 atom stereocenters. The third-order valence-corrected chi connectivity index (χ3v) is 4.98. The first-order valence-electron chi connectivity index (χ1n) is 8.48. The molecule has 2 fully saturated rings. The van der Waals surface area contributed by atoms with Crippen molar-refractivity contribution in [2.45, 2.75) is 70.6 Å². The Kier molecular flexibility index (Phi) is 5.55. The van der Waals surface area contributed by atoms with Crippen LogP contribution in [-0.2, 0) is 14.3 Å². The van der Waals surface area contributed by atoms with Gasteiger partial charge in [-0.1, -0.05) is 0 Å². The molecule has 0 unspecified atom stereocenters. The van der Waals surface area contributed by atoms with Gasteiger partial charge in [-0.25, -0.2) is 9.59 Å². The third kappa shape index (κ3) is 4.37. The summed E-state index contributed by atoms with van der Waals surface area (Å²) in [6, 6.07) is -0.769. The van der Waals surface area contributed by atoms with Crippen molar-refractivity contribution in [1.82, 2.24) is 4.90 Å². The van der Waals surface area contributed by atoms with Crippen LogP contribution in [0.25, 0.3) is 0 Å². The van der Waals surface area contributed by atoms with Crippen LogP contribution in [-0.4, -0.2) is 53.5 Å². The minimum Gasteiger partial charge on any atom is -0.480 e. The maximum Gasteiger partial charge on any atom is 0.411 e. The maximum atomic E-state index is 12.3. The highest BCUT2D eigenvalue weighted by molar-refractivity contribution is 5.81. The molecule has 1 saturated carbocycles. The van der Waals surface area contributed by atoms with Gasteiger partial charge in [0.2, 0.25) is 0 Å². The maximum absolute atomic E-state index is 12.3. The average Bonchev–Trinajstić information content (AvgIpc) is 2.90. The number of carbonyl (C=O) groups excluding carboxylic acids is 1. The molecule has 0 radical (unpaired) electrons. The third-order valence-electron chi connectivity index (χ3n) is 4.98. The Bertz CT molecular complexity index is 437. The number of likely N-dealkylation sites (tertiary alicyclic amines) is 1. The summed E-state index contributed by atoms with van der Waals surface area (Å²) < 4.78 is 10.8. The predicted octanol–water partition coefficient (Wildman–Crippen LogP) is 2.90. The number of amides is 1. The van der Waals surface area contributed by atoms with Gasteiger partial charge in [-0.05, 0) is 64.7 Å². The number of rotatable bonds is 3. The molecule has 2 rings (SSSR count). The van der Waals surface area contributed by atoms with E-state index in [0.29, 0.717) is 12.5 Å². The van der Waals surface area contributed by atoms with Gasteiger partial charge in [-0.3, -0.25) is 4.90 Å². The van der Waals surface area contributed by atoms with Gasteiger partial charge >= 0.3 is 12.1 Å². The van der Waals surface area contributed by atoms with Crippen molar-refractivity contribution in [3.63, 3.8) is 0 Å². The van der Waals surface area contributed by atoms with E-state index in [4.69, 9.17) is 9.47 Å². The standard InChI is InChI=1S/C17H29NO5/c1-17(2,3)23-16(21)18-10-9-13(14(18)15(19)20)11-5-7-12(22-4)8-6-11/h11-14H,5-10H2,1-4H3,(H,19,20)/t11?,12?,13-,14-/m1/s1. The normalized spacial score (nSPS) is 31.9. The molecule has 1 aliphatic heterocycles. The van der Waals surface area contributed by atoms with Gasteiger partial charge < -0.3 is 14.6 Å². The molecule has 132 valence electrons. The van der Waals surface area contributed by atoms with Crippen LogP contribution in [0.4, 0.5) is 4.79 Å². The predicted molar refractivity (Wildman–Crippen MR) is 85.2 cm³/mol. The number of nitrogens with zero attached hydrogens (tertiary/aromatic N) is 1. The number of carboxylic acid groups (broad SMARTS) is 1. The van der Waals surface area contributed by atoms with E-state index in [2.05, 4.69) is 0 Å². The first-order chi connectivity index (χ1) is 10.7. The number of ether oxygens (including phenoxy) is 2. The summed E-state index contributed by atoms with van der Waals surface area (Å²) in [6.45, 7) is 5.83. The molecule has 0 aromatic rings. The van der Waals surface area contributed by atoms with Crippen molar-refractivity contribution in [3.8, 4) is 0 Å². The molecule has 0 aromatic heterocycles. The average molecular weight is 327 g/mol. The Morgan fingerprint density at radius 2 is 1.70 bits per heavy atom. The van der Waals surface area contributed by atoms with E-state index in [0.717, 1.165) is 32.1 Å². The number of hydrogen-bond donors (Lipinski definition) is 1. The first-order valence-corrected chi connectivity index (χ1v) is 8.48. The van der Waals surface area contributed by atoms with Crippen LogP contribution in [0.2, 0.25) is 0 Å². The lowest BCUT2D eigenvalue weighted by Gasteiger charge is -2.34. The lowest BCUT2D eigenvalue weighted by atomic mass is 9.76. The second-order valence-corrected chi connectivity index (χ2v) is 7.68. The summed E-state index contributed by atoms with van der Waals surface area (Å²) in [7, 11) is 1.73. The molecule has 1 N–H and O–H groups in total. The summed E-state index contributed by atoms with van der Waals surface area (Å²) in [6.07, 6.45) is 4.38. The molecule has 0 bridgehead atoms. The Hall–Kier alpha value is -1.30. The van der Waals surface area contributed by atoms with Gasteiger partial charge in [-0.2, -0.15) is 0 Å². The van der Waals surface area contributed by atoms with Crippen LogP contribution in [0.15, 0.2) is 0 Å². The number of carbonyl (C=O) groups is 2. The molecule has 1 heterocycles. The molecule has 1 amide bonds. The number of carboxylic acids is 1. The molecule has 0 spiro atoms. The molecule has 0 aromatic carbocycles. The smallest absolute Gasteiger partial charge is 0.411 e. The van der Waals surface area contributed by atoms with E-state index in [9.17, 15) is 14.7 Å². The highest BCUT2D eigenvalue weighted by atomic mass is 16.6. The van der Waals surface area contributed by atoms with Crippen molar-refractivity contribution >= 4 is 12.1 Å². The topological polar surface area (TPSA) is 76.1 Å². The quantitative estimate of drug-likeness (QED) is 0.862. The van der Waals surface area contributed by atoms with E-state index >= 15 is 0 Å². The minimum atomic E-state index is -0.924. The Balaban J connectivity index is 2.05. The lowest BCUT2D eigenvalue weighted by molar-refractivity contribution is -0.144. The van der Waals surface area contributed by atoms with Gasteiger partial charge in [0.05, 0.1) is 6.10 Å². The number of aliphatic carboxylic acids is 1. The highest BCUT2D eigenvalue weighted by Gasteiger charge is 2.47. The van der Waals surface area contributed by atoms with Gasteiger partial charge in [0.25, 0.3) is 0 Å². The van der Waals surface area contributed by atoms with Crippen LogP contribution < -0.4 is 0 Å². The summed E-state index contributed by atoms with van der Waals surface area (Å²) in [4.78, 5) is 25.5. The SMILES string of the molecule is COC1CCC([C@H]2CCN(C(=O)OC(C)(C)C)[C@H]2C(=O)O)CC1. The van der Waals surface area contributed by atoms with E-state index in [1.54, 1.807) is 27.9 Å². The van der Waals surface area contributed by atoms with Gasteiger partial charge in [0, 0.05) is 13.7 Å². The molecule has 6 nitrogen and oxygen atoms in total. The molecular weight excluding hydrogens is 298 g/mol.